The lowest BCUT2D eigenvalue weighted by molar-refractivity contribution is 0.0365. The number of morpholine rings is 1. The van der Waals surface area contributed by atoms with Crippen LogP contribution in [0.5, 0.6) is 0 Å². The predicted octanol–water partition coefficient (Wildman–Crippen LogP) is 4.89. The third-order valence-corrected chi connectivity index (χ3v) is 5.31. The Morgan fingerprint density at radius 1 is 1.14 bits per heavy atom. The van der Waals surface area contributed by atoms with E-state index in [1.54, 1.807) is 35.2 Å². The summed E-state index contributed by atoms with van der Waals surface area (Å²) < 4.78 is 18.6. The largest absolute Gasteiger partial charge is 0.379 e. The van der Waals surface area contributed by atoms with Crippen molar-refractivity contribution in [3.05, 3.63) is 63.9 Å². The molecule has 0 bridgehead atoms. The van der Waals surface area contributed by atoms with Crippen molar-refractivity contribution in [2.24, 2.45) is 0 Å². The highest BCUT2D eigenvalue weighted by Crippen LogP contribution is 2.26. The molecule has 2 amide bonds. The molecular formula is C21H24Cl2FN3O2. The van der Waals surface area contributed by atoms with Crippen molar-refractivity contribution in [2.75, 3.05) is 44.7 Å². The zero-order valence-electron chi connectivity index (χ0n) is 16.0. The molecule has 0 radical (unpaired) electrons. The second-order valence-electron chi connectivity index (χ2n) is 6.91. The third kappa shape index (κ3) is 6.85. The van der Waals surface area contributed by atoms with Crippen molar-refractivity contribution >= 4 is 34.9 Å². The van der Waals surface area contributed by atoms with Crippen LogP contribution in [-0.2, 0) is 11.3 Å². The number of benzene rings is 2. The minimum atomic E-state index is -0.303. The molecule has 5 nitrogen and oxygen atoms in total. The smallest absolute Gasteiger partial charge is 0.322 e. The molecule has 2 aromatic rings. The molecule has 1 aliphatic rings. The first-order chi connectivity index (χ1) is 14.0. The van der Waals surface area contributed by atoms with Gasteiger partial charge < -0.3 is 15.0 Å². The van der Waals surface area contributed by atoms with Gasteiger partial charge in [-0.05, 0) is 42.3 Å². The Hall–Kier alpha value is -1.86. The summed E-state index contributed by atoms with van der Waals surface area (Å²) in [5.41, 5.74) is 1.31. The summed E-state index contributed by atoms with van der Waals surface area (Å²) in [6.07, 6.45) is 0.817. The third-order valence-electron chi connectivity index (χ3n) is 4.75. The first-order valence-corrected chi connectivity index (χ1v) is 10.3. The maximum atomic E-state index is 13.2. The predicted molar refractivity (Wildman–Crippen MR) is 114 cm³/mol. The first kappa shape index (κ1) is 21.8. The lowest BCUT2D eigenvalue weighted by atomic mass is 10.2. The van der Waals surface area contributed by atoms with E-state index in [4.69, 9.17) is 27.9 Å². The van der Waals surface area contributed by atoms with Gasteiger partial charge in [-0.1, -0.05) is 35.3 Å². The van der Waals surface area contributed by atoms with Crippen LogP contribution in [0.2, 0.25) is 10.0 Å². The van der Waals surface area contributed by atoms with Crippen molar-refractivity contribution in [2.45, 2.75) is 13.0 Å². The molecule has 1 saturated heterocycles. The highest BCUT2D eigenvalue weighted by atomic mass is 35.5. The van der Waals surface area contributed by atoms with E-state index in [0.717, 1.165) is 44.8 Å². The number of carbonyl (C=O) groups excluding carboxylic acids is 1. The fraction of sp³-hybridized carbons (Fsp3) is 0.381. The van der Waals surface area contributed by atoms with Gasteiger partial charge >= 0.3 is 6.03 Å². The lowest BCUT2D eigenvalue weighted by Gasteiger charge is -2.28. The minimum absolute atomic E-state index is 0.277. The highest BCUT2D eigenvalue weighted by Gasteiger charge is 2.17. The molecule has 1 N–H and O–H groups in total. The minimum Gasteiger partial charge on any atom is -0.379 e. The van der Waals surface area contributed by atoms with Gasteiger partial charge in [-0.25, -0.2) is 9.18 Å². The van der Waals surface area contributed by atoms with Gasteiger partial charge in [-0.3, -0.25) is 4.90 Å². The Bertz CT molecular complexity index is 814. The van der Waals surface area contributed by atoms with Crippen molar-refractivity contribution in [3.63, 3.8) is 0 Å². The zero-order valence-corrected chi connectivity index (χ0v) is 17.6. The zero-order chi connectivity index (χ0) is 20.6. The molecule has 29 heavy (non-hydrogen) atoms. The standard InChI is InChI=1S/C21H24Cl2FN3O2/c22-17-4-7-19(23)20(14-17)25-21(28)27(15-16-2-5-18(24)6-3-16)9-1-8-26-10-12-29-13-11-26/h2-7,14H,1,8-13,15H2,(H,25,28). The number of anilines is 1. The van der Waals surface area contributed by atoms with Crippen LogP contribution in [0.15, 0.2) is 42.5 Å². The van der Waals surface area contributed by atoms with Crippen LogP contribution < -0.4 is 5.32 Å². The molecule has 0 spiro atoms. The second-order valence-corrected chi connectivity index (χ2v) is 7.75. The van der Waals surface area contributed by atoms with Crippen LogP contribution >= 0.6 is 23.2 Å². The number of halogens is 3. The van der Waals surface area contributed by atoms with Crippen LogP contribution in [0.3, 0.4) is 0 Å². The average molecular weight is 440 g/mol. The summed E-state index contributed by atoms with van der Waals surface area (Å²) in [6, 6.07) is 10.8. The molecular weight excluding hydrogens is 416 g/mol. The van der Waals surface area contributed by atoms with Gasteiger partial charge in [0.2, 0.25) is 0 Å². The van der Waals surface area contributed by atoms with E-state index in [1.807, 2.05) is 0 Å². The summed E-state index contributed by atoms with van der Waals surface area (Å²) in [4.78, 5) is 17.0. The van der Waals surface area contributed by atoms with Gasteiger partial charge in [0, 0.05) is 37.7 Å². The molecule has 2 aromatic carbocycles. The number of ether oxygens (including phenoxy) is 1. The molecule has 0 aliphatic carbocycles. The number of urea groups is 1. The van der Waals surface area contributed by atoms with Gasteiger partial charge in [-0.15, -0.1) is 0 Å². The Balaban J connectivity index is 1.65. The molecule has 156 valence electrons. The second kappa shape index (κ2) is 10.8. The molecule has 0 aromatic heterocycles. The number of carbonyl (C=O) groups is 1. The van der Waals surface area contributed by atoms with Crippen molar-refractivity contribution in [3.8, 4) is 0 Å². The fourth-order valence-electron chi connectivity index (χ4n) is 3.16. The Morgan fingerprint density at radius 3 is 2.59 bits per heavy atom. The monoisotopic (exact) mass is 439 g/mol. The highest BCUT2D eigenvalue weighted by molar-refractivity contribution is 6.35. The summed E-state index contributed by atoms with van der Waals surface area (Å²) in [5, 5.41) is 3.74. The van der Waals surface area contributed by atoms with Gasteiger partial charge in [-0.2, -0.15) is 0 Å². The van der Waals surface area contributed by atoms with E-state index in [2.05, 4.69) is 10.2 Å². The number of amides is 2. The number of rotatable bonds is 7. The van der Waals surface area contributed by atoms with Crippen LogP contribution in [0.25, 0.3) is 0 Å². The summed E-state index contributed by atoms with van der Waals surface area (Å²) >= 11 is 12.2. The first-order valence-electron chi connectivity index (χ1n) is 9.57. The van der Waals surface area contributed by atoms with Crippen LogP contribution in [0.4, 0.5) is 14.9 Å². The quantitative estimate of drug-likeness (QED) is 0.667. The van der Waals surface area contributed by atoms with Gasteiger partial charge in [0.15, 0.2) is 0 Å². The fourth-order valence-corrected chi connectivity index (χ4v) is 3.50. The number of nitrogens with zero attached hydrogens (tertiary/aromatic N) is 2. The normalized spacial score (nSPS) is 14.6. The summed E-state index contributed by atoms with van der Waals surface area (Å²) in [7, 11) is 0. The van der Waals surface area contributed by atoms with E-state index in [0.29, 0.717) is 28.8 Å². The molecule has 1 heterocycles. The molecule has 0 saturated carbocycles. The van der Waals surface area contributed by atoms with Crippen LogP contribution in [-0.4, -0.2) is 55.2 Å². The molecule has 3 rings (SSSR count). The molecule has 8 heteroatoms. The van der Waals surface area contributed by atoms with E-state index >= 15 is 0 Å². The van der Waals surface area contributed by atoms with Crippen LogP contribution in [0, 0.1) is 5.82 Å². The van der Waals surface area contributed by atoms with E-state index in [9.17, 15) is 9.18 Å². The number of nitrogens with one attached hydrogen (secondary N) is 1. The summed E-state index contributed by atoms with van der Waals surface area (Å²) in [6.45, 7) is 5.10. The van der Waals surface area contributed by atoms with Crippen molar-refractivity contribution in [1.82, 2.24) is 9.80 Å². The van der Waals surface area contributed by atoms with Gasteiger partial charge in [0.05, 0.1) is 23.9 Å². The Morgan fingerprint density at radius 2 is 1.86 bits per heavy atom. The Kier molecular flexibility index (Phi) is 8.12. The van der Waals surface area contributed by atoms with Crippen molar-refractivity contribution in [1.29, 1.82) is 0 Å². The van der Waals surface area contributed by atoms with Gasteiger partial charge in [0.1, 0.15) is 5.82 Å². The number of hydrogen-bond acceptors (Lipinski definition) is 3. The molecule has 0 atom stereocenters. The molecule has 1 aliphatic heterocycles. The maximum absolute atomic E-state index is 13.2. The SMILES string of the molecule is O=C(Nc1cc(Cl)ccc1Cl)N(CCCN1CCOCC1)Cc1ccc(F)cc1. The average Bonchev–Trinajstić information content (AvgIpc) is 2.72. The Labute approximate surface area is 180 Å². The van der Waals surface area contributed by atoms with E-state index in [1.165, 1.54) is 12.1 Å². The van der Waals surface area contributed by atoms with E-state index in [-0.39, 0.29) is 11.8 Å². The van der Waals surface area contributed by atoms with E-state index < -0.39 is 0 Å². The van der Waals surface area contributed by atoms with Crippen molar-refractivity contribution < 1.29 is 13.9 Å². The van der Waals surface area contributed by atoms with Crippen LogP contribution in [0.1, 0.15) is 12.0 Å². The maximum Gasteiger partial charge on any atom is 0.322 e. The van der Waals surface area contributed by atoms with Gasteiger partial charge in [0.25, 0.3) is 0 Å². The lowest BCUT2D eigenvalue weighted by Crippen LogP contribution is -2.40. The summed E-state index contributed by atoms with van der Waals surface area (Å²) in [5.74, 6) is -0.303. The topological polar surface area (TPSA) is 44.8 Å². The molecule has 0 unspecified atom stereocenters. The molecule has 1 fully saturated rings. The number of hydrogen-bond donors (Lipinski definition) is 1.